The minimum Gasteiger partial charge on any atom is -0.444 e. The number of nitrogens with zero attached hydrogens (tertiary/aromatic N) is 3. The van der Waals surface area contributed by atoms with Crippen LogP contribution in [0.15, 0.2) is 28.8 Å². The van der Waals surface area contributed by atoms with Gasteiger partial charge in [-0.3, -0.25) is 4.90 Å². The van der Waals surface area contributed by atoms with Gasteiger partial charge >= 0.3 is 6.09 Å². The Hall–Kier alpha value is -2.37. The van der Waals surface area contributed by atoms with Crippen molar-refractivity contribution in [2.24, 2.45) is 0 Å². The van der Waals surface area contributed by atoms with Gasteiger partial charge in [0.2, 0.25) is 0 Å². The summed E-state index contributed by atoms with van der Waals surface area (Å²) in [7, 11) is 0. The largest absolute Gasteiger partial charge is 0.444 e. The van der Waals surface area contributed by atoms with E-state index in [0.717, 1.165) is 24.8 Å². The second-order valence-corrected chi connectivity index (χ2v) is 9.50. The van der Waals surface area contributed by atoms with Crippen LogP contribution in [0.1, 0.15) is 96.5 Å². The molecule has 1 aromatic carbocycles. The standard InChI is InChI=1S/C25H37N3O3/c1-5-6-7-8-9-10-12-19-14-16-20(17-15-19)23-26-22(27-31-23)21-13-11-18-28(21)24(29)30-25(2,3)4/h14-17,21H,5-13,18H2,1-4H3. The first-order valence-corrected chi connectivity index (χ1v) is 11.8. The van der Waals surface area contributed by atoms with Crippen molar-refractivity contribution in [1.82, 2.24) is 15.0 Å². The zero-order valence-electron chi connectivity index (χ0n) is 19.5. The van der Waals surface area contributed by atoms with Crippen LogP contribution in [-0.2, 0) is 11.2 Å². The zero-order chi connectivity index (χ0) is 22.3. The highest BCUT2D eigenvalue weighted by molar-refractivity contribution is 5.69. The third-order valence-electron chi connectivity index (χ3n) is 5.64. The van der Waals surface area contributed by atoms with E-state index >= 15 is 0 Å². The summed E-state index contributed by atoms with van der Waals surface area (Å²) in [5.41, 5.74) is 1.72. The van der Waals surface area contributed by atoms with Crippen LogP contribution in [0, 0.1) is 0 Å². The summed E-state index contributed by atoms with van der Waals surface area (Å²) >= 11 is 0. The first-order valence-electron chi connectivity index (χ1n) is 11.8. The molecule has 1 aliphatic heterocycles. The highest BCUT2D eigenvalue weighted by Crippen LogP contribution is 2.32. The summed E-state index contributed by atoms with van der Waals surface area (Å²) in [6.45, 7) is 8.52. The first kappa shape index (κ1) is 23.3. The molecule has 0 aliphatic carbocycles. The van der Waals surface area contributed by atoms with Gasteiger partial charge in [0.1, 0.15) is 5.60 Å². The number of carbonyl (C=O) groups is 1. The molecular formula is C25H37N3O3. The van der Waals surface area contributed by atoms with E-state index < -0.39 is 5.60 Å². The molecule has 6 heteroatoms. The van der Waals surface area contributed by atoms with E-state index in [1.165, 1.54) is 44.1 Å². The molecule has 1 fully saturated rings. The van der Waals surface area contributed by atoms with Gasteiger partial charge in [-0.05, 0) is 64.2 Å². The average Bonchev–Trinajstić information content (AvgIpc) is 3.39. The van der Waals surface area contributed by atoms with Gasteiger partial charge < -0.3 is 9.26 Å². The van der Waals surface area contributed by atoms with Crippen molar-refractivity contribution >= 4 is 6.09 Å². The number of unbranched alkanes of at least 4 members (excludes halogenated alkanes) is 5. The third-order valence-corrected chi connectivity index (χ3v) is 5.64. The van der Waals surface area contributed by atoms with Crippen LogP contribution in [0.25, 0.3) is 11.5 Å². The number of likely N-dealkylation sites (tertiary alicyclic amines) is 1. The van der Waals surface area contributed by atoms with Crippen LogP contribution in [0.3, 0.4) is 0 Å². The molecule has 1 aliphatic rings. The number of carbonyl (C=O) groups excluding carboxylic acids is 1. The number of hydrogen-bond donors (Lipinski definition) is 0. The fourth-order valence-electron chi connectivity index (χ4n) is 3.99. The molecule has 3 rings (SSSR count). The van der Waals surface area contributed by atoms with Crippen LogP contribution in [0.5, 0.6) is 0 Å². The summed E-state index contributed by atoms with van der Waals surface area (Å²) in [4.78, 5) is 18.8. The lowest BCUT2D eigenvalue weighted by atomic mass is 10.0. The summed E-state index contributed by atoms with van der Waals surface area (Å²) in [6.07, 6.45) is 10.3. The van der Waals surface area contributed by atoms with Crippen molar-refractivity contribution in [3.8, 4) is 11.5 Å². The highest BCUT2D eigenvalue weighted by Gasteiger charge is 2.36. The summed E-state index contributed by atoms with van der Waals surface area (Å²) in [5, 5.41) is 4.18. The lowest BCUT2D eigenvalue weighted by molar-refractivity contribution is 0.0217. The Morgan fingerprint density at radius 2 is 1.84 bits per heavy atom. The van der Waals surface area contributed by atoms with Crippen molar-refractivity contribution < 1.29 is 14.1 Å². The van der Waals surface area contributed by atoms with Gasteiger partial charge in [-0.25, -0.2) is 4.79 Å². The predicted octanol–water partition coefficient (Wildman–Crippen LogP) is 6.71. The molecule has 0 saturated carbocycles. The number of benzene rings is 1. The smallest absolute Gasteiger partial charge is 0.410 e. The van der Waals surface area contributed by atoms with E-state index in [1.807, 2.05) is 32.9 Å². The van der Waals surface area contributed by atoms with E-state index in [-0.39, 0.29) is 12.1 Å². The molecule has 0 radical (unpaired) electrons. The fraction of sp³-hybridized carbons (Fsp3) is 0.640. The van der Waals surface area contributed by atoms with E-state index in [0.29, 0.717) is 18.3 Å². The third kappa shape index (κ3) is 6.81. The summed E-state index contributed by atoms with van der Waals surface area (Å²) < 4.78 is 11.1. The maximum atomic E-state index is 12.5. The summed E-state index contributed by atoms with van der Waals surface area (Å²) in [5.74, 6) is 1.05. The van der Waals surface area contributed by atoms with Gasteiger partial charge in [-0.2, -0.15) is 4.98 Å². The van der Waals surface area contributed by atoms with Crippen LogP contribution in [-0.4, -0.2) is 33.3 Å². The van der Waals surface area contributed by atoms with Crippen molar-refractivity contribution in [3.63, 3.8) is 0 Å². The van der Waals surface area contributed by atoms with Crippen LogP contribution < -0.4 is 0 Å². The molecule has 1 unspecified atom stereocenters. The lowest BCUT2D eigenvalue weighted by Gasteiger charge is -2.27. The minimum atomic E-state index is -0.524. The van der Waals surface area contributed by atoms with Gasteiger partial charge in [0.25, 0.3) is 5.89 Å². The number of rotatable bonds is 9. The predicted molar refractivity (Wildman–Crippen MR) is 122 cm³/mol. The van der Waals surface area contributed by atoms with Gasteiger partial charge in [0.15, 0.2) is 5.82 Å². The number of aromatic nitrogens is 2. The SMILES string of the molecule is CCCCCCCCc1ccc(-c2nc(C3CCCN3C(=O)OC(C)(C)C)no2)cc1. The van der Waals surface area contributed by atoms with Crippen molar-refractivity contribution in [1.29, 1.82) is 0 Å². The Morgan fingerprint density at radius 1 is 1.13 bits per heavy atom. The minimum absolute atomic E-state index is 0.195. The Labute approximate surface area is 186 Å². The molecule has 0 bridgehead atoms. The molecular weight excluding hydrogens is 390 g/mol. The molecule has 0 spiro atoms. The van der Waals surface area contributed by atoms with Crippen molar-refractivity contribution in [2.75, 3.05) is 6.54 Å². The molecule has 2 heterocycles. The van der Waals surface area contributed by atoms with Gasteiger partial charge in [0.05, 0.1) is 6.04 Å². The normalized spacial score (nSPS) is 16.6. The van der Waals surface area contributed by atoms with Crippen LogP contribution in [0.2, 0.25) is 0 Å². The summed E-state index contributed by atoms with van der Waals surface area (Å²) in [6, 6.07) is 8.19. The molecule has 2 aromatic rings. The van der Waals surface area contributed by atoms with E-state index in [4.69, 9.17) is 9.26 Å². The highest BCUT2D eigenvalue weighted by atomic mass is 16.6. The molecule has 31 heavy (non-hydrogen) atoms. The maximum Gasteiger partial charge on any atom is 0.410 e. The van der Waals surface area contributed by atoms with Crippen molar-refractivity contribution in [3.05, 3.63) is 35.7 Å². The Balaban J connectivity index is 1.57. The van der Waals surface area contributed by atoms with E-state index in [2.05, 4.69) is 29.2 Å². The molecule has 0 N–H and O–H groups in total. The lowest BCUT2D eigenvalue weighted by Crippen LogP contribution is -2.36. The topological polar surface area (TPSA) is 68.5 Å². The Morgan fingerprint density at radius 3 is 2.55 bits per heavy atom. The molecule has 1 amide bonds. The zero-order valence-corrected chi connectivity index (χ0v) is 19.5. The van der Waals surface area contributed by atoms with Crippen LogP contribution in [0.4, 0.5) is 4.79 Å². The molecule has 1 aromatic heterocycles. The molecule has 1 atom stereocenters. The van der Waals surface area contributed by atoms with Crippen molar-refractivity contribution in [2.45, 2.75) is 97.1 Å². The van der Waals surface area contributed by atoms with E-state index in [9.17, 15) is 4.79 Å². The van der Waals surface area contributed by atoms with Gasteiger partial charge in [-0.1, -0.05) is 56.3 Å². The molecule has 1 saturated heterocycles. The van der Waals surface area contributed by atoms with Gasteiger partial charge in [-0.15, -0.1) is 0 Å². The quantitative estimate of drug-likeness (QED) is 0.416. The Kier molecular flexibility index (Phi) is 8.10. The number of amides is 1. The fourth-order valence-corrected chi connectivity index (χ4v) is 3.99. The van der Waals surface area contributed by atoms with Crippen LogP contribution >= 0.6 is 0 Å². The first-order chi connectivity index (χ1) is 14.9. The van der Waals surface area contributed by atoms with E-state index in [1.54, 1.807) is 4.90 Å². The number of aryl methyl sites for hydroxylation is 1. The second kappa shape index (κ2) is 10.8. The molecule has 170 valence electrons. The Bertz CT molecular complexity index is 823. The number of hydrogen-bond acceptors (Lipinski definition) is 5. The average molecular weight is 428 g/mol. The van der Waals surface area contributed by atoms with Gasteiger partial charge in [0, 0.05) is 12.1 Å². The monoisotopic (exact) mass is 427 g/mol. The second-order valence-electron chi connectivity index (χ2n) is 9.50. The maximum absolute atomic E-state index is 12.5. The molecule has 6 nitrogen and oxygen atoms in total. The number of ether oxygens (including phenoxy) is 1.